The Labute approximate surface area is 105 Å². The van der Waals surface area contributed by atoms with Gasteiger partial charge in [-0.3, -0.25) is 9.59 Å². The van der Waals surface area contributed by atoms with E-state index in [0.29, 0.717) is 25.2 Å². The first-order chi connectivity index (χ1) is 8.70. The number of nitrogens with one attached hydrogen (secondary N) is 1. The lowest BCUT2D eigenvalue weighted by Gasteiger charge is -2.22. The van der Waals surface area contributed by atoms with E-state index in [1.54, 1.807) is 4.90 Å². The van der Waals surface area contributed by atoms with Crippen LogP contribution in [0.2, 0.25) is 0 Å². The number of hydrogen-bond acceptors (Lipinski definition) is 5. The van der Waals surface area contributed by atoms with Crippen LogP contribution in [0.5, 0.6) is 0 Å². The van der Waals surface area contributed by atoms with Crippen LogP contribution in [0.25, 0.3) is 0 Å². The Kier molecular flexibility index (Phi) is 3.91. The molecule has 2 heterocycles. The zero-order valence-corrected chi connectivity index (χ0v) is 10.3. The van der Waals surface area contributed by atoms with E-state index in [1.165, 1.54) is 6.39 Å². The fourth-order valence-electron chi connectivity index (χ4n) is 1.97. The summed E-state index contributed by atoms with van der Waals surface area (Å²) in [6.45, 7) is 2.65. The van der Waals surface area contributed by atoms with Crippen molar-refractivity contribution >= 4 is 11.8 Å². The number of rotatable bonds is 4. The average molecular weight is 252 g/mol. The molecule has 1 aromatic rings. The second-order valence-corrected chi connectivity index (χ2v) is 4.27. The van der Waals surface area contributed by atoms with Crippen molar-refractivity contribution < 1.29 is 14.1 Å². The Morgan fingerprint density at radius 3 is 3.06 bits per heavy atom. The molecule has 0 aromatic carbocycles. The Morgan fingerprint density at radius 2 is 2.39 bits per heavy atom. The van der Waals surface area contributed by atoms with Gasteiger partial charge in [0.25, 0.3) is 0 Å². The summed E-state index contributed by atoms with van der Waals surface area (Å²) in [5.74, 6) is 0.290. The number of hydrogen-bond donors (Lipinski definition) is 1. The van der Waals surface area contributed by atoms with Crippen LogP contribution < -0.4 is 5.32 Å². The van der Waals surface area contributed by atoms with E-state index in [9.17, 15) is 9.59 Å². The monoisotopic (exact) mass is 252 g/mol. The van der Waals surface area contributed by atoms with Crippen LogP contribution in [0.1, 0.15) is 32.0 Å². The molecule has 7 heteroatoms. The third kappa shape index (κ3) is 2.85. The van der Waals surface area contributed by atoms with E-state index < -0.39 is 6.04 Å². The highest BCUT2D eigenvalue weighted by molar-refractivity contribution is 5.89. The Bertz CT molecular complexity index is 418. The molecule has 0 radical (unpaired) electrons. The zero-order chi connectivity index (χ0) is 13.0. The van der Waals surface area contributed by atoms with Gasteiger partial charge in [-0.25, -0.2) is 0 Å². The summed E-state index contributed by atoms with van der Waals surface area (Å²) in [5.41, 5.74) is 0. The highest BCUT2D eigenvalue weighted by atomic mass is 16.5. The third-order valence-corrected chi connectivity index (χ3v) is 2.87. The van der Waals surface area contributed by atoms with Crippen LogP contribution in [0.3, 0.4) is 0 Å². The van der Waals surface area contributed by atoms with Crippen molar-refractivity contribution in [2.24, 2.45) is 0 Å². The standard InChI is InChI=1S/C11H16N4O3/c1-2-3-8-11(17)15(5-4-10(16)13-8)6-9-12-7-18-14-9/h7-8H,2-6H2,1H3,(H,13,16). The van der Waals surface area contributed by atoms with E-state index in [4.69, 9.17) is 0 Å². The van der Waals surface area contributed by atoms with E-state index in [1.807, 2.05) is 6.92 Å². The molecule has 1 unspecified atom stereocenters. The van der Waals surface area contributed by atoms with Gasteiger partial charge in [0, 0.05) is 13.0 Å². The number of amides is 2. The number of aromatic nitrogens is 2. The van der Waals surface area contributed by atoms with Gasteiger partial charge in [0.05, 0.1) is 6.54 Å². The highest BCUT2D eigenvalue weighted by Gasteiger charge is 2.29. The molecule has 1 atom stereocenters. The highest BCUT2D eigenvalue weighted by Crippen LogP contribution is 2.10. The lowest BCUT2D eigenvalue weighted by atomic mass is 10.1. The first kappa shape index (κ1) is 12.5. The average Bonchev–Trinajstić information content (AvgIpc) is 2.81. The molecular weight excluding hydrogens is 236 g/mol. The lowest BCUT2D eigenvalue weighted by Crippen LogP contribution is -2.44. The van der Waals surface area contributed by atoms with Gasteiger partial charge in [-0.15, -0.1) is 0 Å². The summed E-state index contributed by atoms with van der Waals surface area (Å²) in [4.78, 5) is 29.2. The molecule has 0 aliphatic carbocycles. The second kappa shape index (κ2) is 5.61. The molecule has 2 amide bonds. The molecule has 1 aromatic heterocycles. The zero-order valence-electron chi connectivity index (χ0n) is 10.3. The van der Waals surface area contributed by atoms with Crippen LogP contribution in [0.15, 0.2) is 10.9 Å². The molecule has 98 valence electrons. The van der Waals surface area contributed by atoms with Crippen LogP contribution in [-0.4, -0.2) is 39.4 Å². The second-order valence-electron chi connectivity index (χ2n) is 4.27. The molecule has 1 aliphatic rings. The topological polar surface area (TPSA) is 88.3 Å². The van der Waals surface area contributed by atoms with E-state index in [0.717, 1.165) is 6.42 Å². The van der Waals surface area contributed by atoms with Crippen LogP contribution in [0.4, 0.5) is 0 Å². The minimum absolute atomic E-state index is 0.0764. The van der Waals surface area contributed by atoms with Gasteiger partial charge in [-0.1, -0.05) is 18.5 Å². The maximum atomic E-state index is 12.2. The predicted molar refractivity (Wildman–Crippen MR) is 61.2 cm³/mol. The third-order valence-electron chi connectivity index (χ3n) is 2.87. The Morgan fingerprint density at radius 1 is 1.56 bits per heavy atom. The largest absolute Gasteiger partial charge is 0.344 e. The summed E-state index contributed by atoms with van der Waals surface area (Å²) in [6.07, 6.45) is 3.02. The quantitative estimate of drug-likeness (QED) is 0.820. The van der Waals surface area contributed by atoms with E-state index in [-0.39, 0.29) is 18.4 Å². The van der Waals surface area contributed by atoms with Crippen molar-refractivity contribution in [1.29, 1.82) is 0 Å². The first-order valence-electron chi connectivity index (χ1n) is 6.04. The Hall–Kier alpha value is -1.92. The predicted octanol–water partition coefficient (Wildman–Crippen LogP) is 0.0868. The SMILES string of the molecule is CCCC1NC(=O)CCN(Cc2ncon2)C1=O. The number of carbonyl (C=O) groups is 2. The molecule has 2 rings (SSSR count). The molecule has 0 bridgehead atoms. The van der Waals surface area contributed by atoms with Crippen LogP contribution in [-0.2, 0) is 16.1 Å². The van der Waals surface area contributed by atoms with Crippen LogP contribution >= 0.6 is 0 Å². The summed E-state index contributed by atoms with van der Waals surface area (Å²) in [7, 11) is 0. The molecule has 7 nitrogen and oxygen atoms in total. The minimum atomic E-state index is -0.433. The van der Waals surface area contributed by atoms with Gasteiger partial charge in [-0.05, 0) is 6.42 Å². The molecule has 1 aliphatic heterocycles. The maximum absolute atomic E-state index is 12.2. The van der Waals surface area contributed by atoms with E-state index >= 15 is 0 Å². The molecule has 0 saturated carbocycles. The van der Waals surface area contributed by atoms with Crippen molar-refractivity contribution in [2.75, 3.05) is 6.54 Å². The number of nitrogens with zero attached hydrogens (tertiary/aromatic N) is 3. The molecule has 0 spiro atoms. The number of carbonyl (C=O) groups excluding carboxylic acids is 2. The Balaban J connectivity index is 2.08. The molecule has 1 saturated heterocycles. The van der Waals surface area contributed by atoms with Crippen molar-refractivity contribution in [3.63, 3.8) is 0 Å². The minimum Gasteiger partial charge on any atom is -0.344 e. The van der Waals surface area contributed by atoms with Crippen LogP contribution in [0, 0.1) is 0 Å². The molecule has 18 heavy (non-hydrogen) atoms. The molecule has 1 N–H and O–H groups in total. The normalized spacial score (nSPS) is 20.7. The van der Waals surface area contributed by atoms with Gasteiger partial charge >= 0.3 is 0 Å². The van der Waals surface area contributed by atoms with Crippen molar-refractivity contribution in [3.05, 3.63) is 12.2 Å². The van der Waals surface area contributed by atoms with E-state index in [2.05, 4.69) is 20.0 Å². The smallest absolute Gasteiger partial charge is 0.245 e. The summed E-state index contributed by atoms with van der Waals surface area (Å²) in [6, 6.07) is -0.433. The van der Waals surface area contributed by atoms with Gasteiger partial charge in [-0.2, -0.15) is 4.98 Å². The molecule has 1 fully saturated rings. The summed E-state index contributed by atoms with van der Waals surface area (Å²) in [5, 5.41) is 6.42. The van der Waals surface area contributed by atoms with Gasteiger partial charge < -0.3 is 14.7 Å². The summed E-state index contributed by atoms with van der Waals surface area (Å²) < 4.78 is 4.64. The maximum Gasteiger partial charge on any atom is 0.245 e. The van der Waals surface area contributed by atoms with Crippen molar-refractivity contribution in [1.82, 2.24) is 20.4 Å². The van der Waals surface area contributed by atoms with Crippen molar-refractivity contribution in [2.45, 2.75) is 38.8 Å². The van der Waals surface area contributed by atoms with Gasteiger partial charge in [0.1, 0.15) is 6.04 Å². The fraction of sp³-hybridized carbons (Fsp3) is 0.636. The van der Waals surface area contributed by atoms with Gasteiger partial charge in [0.15, 0.2) is 5.82 Å². The first-order valence-corrected chi connectivity index (χ1v) is 6.04. The summed E-state index contributed by atoms with van der Waals surface area (Å²) >= 11 is 0. The fourth-order valence-corrected chi connectivity index (χ4v) is 1.97. The molecular formula is C11H16N4O3. The lowest BCUT2D eigenvalue weighted by molar-refractivity contribution is -0.134. The van der Waals surface area contributed by atoms with Gasteiger partial charge in [0.2, 0.25) is 18.2 Å². The van der Waals surface area contributed by atoms with Crippen molar-refractivity contribution in [3.8, 4) is 0 Å².